The second-order valence-corrected chi connectivity index (χ2v) is 5.56. The molecule has 1 aliphatic rings. The quantitative estimate of drug-likeness (QED) is 0.860. The molecule has 3 rings (SSSR count). The van der Waals surface area contributed by atoms with Crippen LogP contribution in [0.5, 0.6) is 0 Å². The lowest BCUT2D eigenvalue weighted by Crippen LogP contribution is -2.33. The van der Waals surface area contributed by atoms with Crippen molar-refractivity contribution < 1.29 is 4.79 Å². The van der Waals surface area contributed by atoms with Crippen molar-refractivity contribution in [1.82, 2.24) is 19.7 Å². The van der Waals surface area contributed by atoms with Gasteiger partial charge in [-0.2, -0.15) is 0 Å². The van der Waals surface area contributed by atoms with Crippen LogP contribution in [0.25, 0.3) is 0 Å². The summed E-state index contributed by atoms with van der Waals surface area (Å²) in [5.74, 6) is 1.21. The van der Waals surface area contributed by atoms with E-state index in [4.69, 9.17) is 0 Å². The molecule has 0 aliphatic carbocycles. The Labute approximate surface area is 124 Å². The van der Waals surface area contributed by atoms with E-state index < -0.39 is 0 Å². The molecule has 21 heavy (non-hydrogen) atoms. The maximum absolute atomic E-state index is 12.3. The molecular weight excluding hydrogens is 264 g/mol. The Bertz CT molecular complexity index is 595. The summed E-state index contributed by atoms with van der Waals surface area (Å²) in [5, 5.41) is 8.00. The Kier molecular flexibility index (Phi) is 3.99. The van der Waals surface area contributed by atoms with Crippen molar-refractivity contribution >= 4 is 5.91 Å². The Morgan fingerprint density at radius 3 is 2.81 bits per heavy atom. The van der Waals surface area contributed by atoms with Gasteiger partial charge in [-0.3, -0.25) is 4.79 Å². The van der Waals surface area contributed by atoms with Gasteiger partial charge in [0.15, 0.2) is 0 Å². The number of amides is 1. The second kappa shape index (κ2) is 6.08. The Balaban J connectivity index is 1.54. The maximum Gasteiger partial charge on any atom is 0.222 e. The zero-order valence-electron chi connectivity index (χ0n) is 12.3. The number of benzene rings is 1. The average molecular weight is 284 g/mol. The molecule has 0 saturated carbocycles. The molecule has 1 amide bonds. The molecule has 5 heteroatoms. The van der Waals surface area contributed by atoms with Gasteiger partial charge in [-0.1, -0.05) is 29.8 Å². The molecule has 0 atom stereocenters. The number of aromatic nitrogens is 3. The highest BCUT2D eigenvalue weighted by atomic mass is 16.2. The highest BCUT2D eigenvalue weighted by Gasteiger charge is 2.18. The summed E-state index contributed by atoms with van der Waals surface area (Å²) in [4.78, 5) is 14.3. The predicted molar refractivity (Wildman–Crippen MR) is 79.8 cm³/mol. The fourth-order valence-electron chi connectivity index (χ4n) is 2.65. The molecule has 1 aromatic carbocycles. The highest BCUT2D eigenvalue weighted by molar-refractivity contribution is 5.76. The number of carbonyl (C=O) groups is 1. The van der Waals surface area contributed by atoms with Gasteiger partial charge in [0.05, 0.1) is 0 Å². The van der Waals surface area contributed by atoms with Gasteiger partial charge >= 0.3 is 0 Å². The maximum atomic E-state index is 12.3. The Hall–Kier alpha value is -2.17. The molecule has 2 aromatic rings. The van der Waals surface area contributed by atoms with E-state index in [2.05, 4.69) is 41.4 Å². The van der Waals surface area contributed by atoms with Crippen LogP contribution in [0, 0.1) is 6.92 Å². The number of hydrogen-bond donors (Lipinski definition) is 0. The van der Waals surface area contributed by atoms with E-state index in [9.17, 15) is 4.79 Å². The summed E-state index contributed by atoms with van der Waals surface area (Å²) in [6, 6.07) is 8.40. The third-order valence-corrected chi connectivity index (χ3v) is 4.01. The van der Waals surface area contributed by atoms with E-state index in [1.54, 1.807) is 6.33 Å². The zero-order valence-corrected chi connectivity index (χ0v) is 12.3. The van der Waals surface area contributed by atoms with Gasteiger partial charge in [0.25, 0.3) is 0 Å². The van der Waals surface area contributed by atoms with Crippen molar-refractivity contribution in [3.05, 3.63) is 47.5 Å². The minimum atomic E-state index is 0.231. The zero-order chi connectivity index (χ0) is 14.7. The first kappa shape index (κ1) is 13.8. The summed E-state index contributed by atoms with van der Waals surface area (Å²) < 4.78 is 2.03. The van der Waals surface area contributed by atoms with Crippen molar-refractivity contribution in [1.29, 1.82) is 0 Å². The molecule has 0 radical (unpaired) electrons. The Morgan fingerprint density at radius 2 is 2.00 bits per heavy atom. The molecule has 0 unspecified atom stereocenters. The molecule has 1 aliphatic heterocycles. The minimum absolute atomic E-state index is 0.231. The Morgan fingerprint density at radius 1 is 1.19 bits per heavy atom. The fraction of sp³-hybridized carbons (Fsp3) is 0.438. The van der Waals surface area contributed by atoms with Gasteiger partial charge in [-0.05, 0) is 18.9 Å². The molecule has 110 valence electrons. The minimum Gasteiger partial charge on any atom is -0.340 e. The van der Waals surface area contributed by atoms with Gasteiger partial charge < -0.3 is 9.47 Å². The number of carbonyl (C=O) groups excluding carboxylic acids is 1. The van der Waals surface area contributed by atoms with Crippen LogP contribution in [-0.2, 0) is 24.2 Å². The van der Waals surface area contributed by atoms with Gasteiger partial charge in [-0.15, -0.1) is 10.2 Å². The van der Waals surface area contributed by atoms with E-state index in [-0.39, 0.29) is 5.91 Å². The lowest BCUT2D eigenvalue weighted by atomic mass is 10.1. The molecular formula is C16H20N4O. The van der Waals surface area contributed by atoms with Gasteiger partial charge in [0.2, 0.25) is 5.91 Å². The number of nitrogens with zero attached hydrogens (tertiary/aromatic N) is 4. The summed E-state index contributed by atoms with van der Waals surface area (Å²) >= 11 is 0. The van der Waals surface area contributed by atoms with Crippen LogP contribution in [0.2, 0.25) is 0 Å². The summed E-state index contributed by atoms with van der Waals surface area (Å²) in [6.07, 6.45) is 3.91. The summed E-state index contributed by atoms with van der Waals surface area (Å²) in [5.41, 5.74) is 2.47. The smallest absolute Gasteiger partial charge is 0.222 e. The number of hydrogen-bond acceptors (Lipinski definition) is 3. The van der Waals surface area contributed by atoms with Crippen LogP contribution in [0.1, 0.15) is 23.4 Å². The van der Waals surface area contributed by atoms with Crippen LogP contribution in [0.4, 0.5) is 0 Å². The lowest BCUT2D eigenvalue weighted by Gasteiger charge is -2.20. The van der Waals surface area contributed by atoms with Crippen LogP contribution < -0.4 is 0 Å². The molecule has 0 fully saturated rings. The molecule has 0 spiro atoms. The number of rotatable bonds is 3. The van der Waals surface area contributed by atoms with E-state index in [1.807, 2.05) is 9.47 Å². The fourth-order valence-corrected chi connectivity index (χ4v) is 2.65. The lowest BCUT2D eigenvalue weighted by molar-refractivity contribution is -0.131. The normalized spacial score (nSPS) is 14.6. The van der Waals surface area contributed by atoms with E-state index >= 15 is 0 Å². The van der Waals surface area contributed by atoms with Crippen molar-refractivity contribution in [2.75, 3.05) is 13.1 Å². The van der Waals surface area contributed by atoms with Crippen LogP contribution in [0.15, 0.2) is 30.6 Å². The first-order valence-electron chi connectivity index (χ1n) is 7.42. The number of fused-ring (bicyclic) bond motifs is 1. The summed E-state index contributed by atoms with van der Waals surface area (Å²) in [6.45, 7) is 4.35. The topological polar surface area (TPSA) is 51.0 Å². The van der Waals surface area contributed by atoms with Gasteiger partial charge in [0.1, 0.15) is 12.2 Å². The average Bonchev–Trinajstić information content (AvgIpc) is 2.85. The van der Waals surface area contributed by atoms with Crippen LogP contribution >= 0.6 is 0 Å². The molecule has 1 aromatic heterocycles. The molecule has 2 heterocycles. The third kappa shape index (κ3) is 3.29. The van der Waals surface area contributed by atoms with Gasteiger partial charge in [-0.25, -0.2) is 0 Å². The second-order valence-electron chi connectivity index (χ2n) is 5.56. The third-order valence-electron chi connectivity index (χ3n) is 4.01. The van der Waals surface area contributed by atoms with E-state index in [0.717, 1.165) is 38.3 Å². The molecule has 0 bridgehead atoms. The van der Waals surface area contributed by atoms with Crippen molar-refractivity contribution in [2.24, 2.45) is 0 Å². The SMILES string of the molecule is Cc1ccc(CCC(=O)N2CCc3nncn3CC2)cc1. The van der Waals surface area contributed by atoms with E-state index in [1.165, 1.54) is 11.1 Å². The number of aryl methyl sites for hydroxylation is 2. The predicted octanol–water partition coefficient (Wildman–Crippen LogP) is 1.60. The first-order valence-corrected chi connectivity index (χ1v) is 7.42. The van der Waals surface area contributed by atoms with Crippen molar-refractivity contribution in [2.45, 2.75) is 32.7 Å². The van der Waals surface area contributed by atoms with Crippen molar-refractivity contribution in [3.63, 3.8) is 0 Å². The van der Waals surface area contributed by atoms with Crippen molar-refractivity contribution in [3.8, 4) is 0 Å². The first-order chi connectivity index (χ1) is 10.2. The molecule has 0 N–H and O–H groups in total. The highest BCUT2D eigenvalue weighted by Crippen LogP contribution is 2.10. The van der Waals surface area contributed by atoms with Crippen LogP contribution in [-0.4, -0.2) is 38.7 Å². The monoisotopic (exact) mass is 284 g/mol. The summed E-state index contributed by atoms with van der Waals surface area (Å²) in [7, 11) is 0. The standard InChI is InChI=1S/C16H20N4O/c1-13-2-4-14(5-3-13)6-7-16(21)19-9-8-15-18-17-12-20(15)11-10-19/h2-5,12H,6-11H2,1H3. The van der Waals surface area contributed by atoms with Crippen LogP contribution in [0.3, 0.4) is 0 Å². The van der Waals surface area contributed by atoms with E-state index in [0.29, 0.717) is 6.42 Å². The van der Waals surface area contributed by atoms with Gasteiger partial charge in [0, 0.05) is 32.5 Å². The molecule has 0 saturated heterocycles. The molecule has 5 nitrogen and oxygen atoms in total. The largest absolute Gasteiger partial charge is 0.340 e.